The normalized spacial score (nSPS) is 37.6. The van der Waals surface area contributed by atoms with Crippen LogP contribution < -0.4 is 0 Å². The summed E-state index contributed by atoms with van der Waals surface area (Å²) in [4.78, 5) is 71.8. The first-order valence-electron chi connectivity index (χ1n) is 24.4. The van der Waals surface area contributed by atoms with E-state index in [1.165, 1.54) is 12.0 Å². The van der Waals surface area contributed by atoms with Crippen molar-refractivity contribution in [1.29, 1.82) is 0 Å². The van der Waals surface area contributed by atoms with Gasteiger partial charge < -0.3 is 43.9 Å². The molecule has 1 amide bonds. The molecule has 4 rings (SSSR count). The number of esters is 1. The smallest absolute Gasteiger partial charge is 0.329 e. The monoisotopic (exact) mass is 928 g/mol. The Bertz CT molecular complexity index is 1770. The Balaban J connectivity index is 1.69. The fourth-order valence-electron chi connectivity index (χ4n) is 10.1. The molecule has 3 unspecified atom stereocenters. The van der Waals surface area contributed by atoms with E-state index in [0.29, 0.717) is 63.4 Å². The van der Waals surface area contributed by atoms with Crippen LogP contribution in [0.5, 0.6) is 0 Å². The summed E-state index contributed by atoms with van der Waals surface area (Å²) in [7, 11) is 4.54. The van der Waals surface area contributed by atoms with Crippen LogP contribution in [0.2, 0.25) is 0 Å². The maximum absolute atomic E-state index is 14.4. The Labute approximate surface area is 393 Å². The Morgan fingerprint density at radius 1 is 0.848 bits per heavy atom. The highest BCUT2D eigenvalue weighted by molar-refractivity contribution is 6.39. The maximum atomic E-state index is 14.4. The first kappa shape index (κ1) is 55.2. The zero-order valence-electron chi connectivity index (χ0n) is 41.3. The Hall–Kier alpha value is -3.37. The average Bonchev–Trinajstić information content (AvgIpc) is 3.30. The Morgan fingerprint density at radius 3 is 2.26 bits per heavy atom. The van der Waals surface area contributed by atoms with Gasteiger partial charge in [-0.25, -0.2) is 4.79 Å². The number of hydrogen-bond donors (Lipinski definition) is 3. The van der Waals surface area contributed by atoms with Crippen molar-refractivity contribution in [2.24, 2.45) is 35.5 Å². The van der Waals surface area contributed by atoms with Gasteiger partial charge in [0.2, 0.25) is 5.79 Å². The number of cyclic esters (lactones) is 1. The number of allylic oxidation sites excluding steroid dienone is 6. The van der Waals surface area contributed by atoms with Crippen LogP contribution in [0.25, 0.3) is 0 Å². The molecule has 14 heteroatoms. The lowest BCUT2D eigenvalue weighted by Gasteiger charge is -2.42. The molecule has 3 fully saturated rings. The van der Waals surface area contributed by atoms with Gasteiger partial charge in [0.1, 0.15) is 18.2 Å². The first-order chi connectivity index (χ1) is 31.2. The van der Waals surface area contributed by atoms with E-state index < -0.39 is 83.9 Å². The molecule has 0 spiro atoms. The maximum Gasteiger partial charge on any atom is 0.329 e. The van der Waals surface area contributed by atoms with Gasteiger partial charge in [0.05, 0.1) is 30.5 Å². The summed E-state index contributed by atoms with van der Waals surface area (Å²) in [5, 5.41) is 33.9. The Morgan fingerprint density at radius 2 is 1.58 bits per heavy atom. The number of hydrogen-bond acceptors (Lipinski definition) is 13. The molecule has 372 valence electrons. The number of amides is 1. The van der Waals surface area contributed by atoms with E-state index in [0.717, 1.165) is 18.4 Å². The number of aliphatic hydroxyl groups is 3. The summed E-state index contributed by atoms with van der Waals surface area (Å²) in [5.74, 6) is -7.71. The minimum atomic E-state index is -2.43. The lowest BCUT2D eigenvalue weighted by molar-refractivity contribution is -0.265. The van der Waals surface area contributed by atoms with Crippen LogP contribution >= 0.6 is 0 Å². The molecular weight excluding hydrogens is 847 g/mol. The molecule has 3 heterocycles. The molecule has 4 aliphatic rings. The van der Waals surface area contributed by atoms with E-state index >= 15 is 0 Å². The van der Waals surface area contributed by atoms with Crippen molar-refractivity contribution in [1.82, 2.24) is 4.90 Å². The van der Waals surface area contributed by atoms with Gasteiger partial charge >= 0.3 is 5.97 Å². The molecular formula is C52H81NO13. The number of ketones is 3. The van der Waals surface area contributed by atoms with Gasteiger partial charge in [-0.1, -0.05) is 71.1 Å². The third-order valence-corrected chi connectivity index (χ3v) is 14.8. The number of methoxy groups -OCH3 is 3. The molecule has 1 aliphatic carbocycles. The fraction of sp³-hybridized carbons (Fsp3) is 0.750. The number of fused-ring (bicyclic) bond motifs is 3. The van der Waals surface area contributed by atoms with Gasteiger partial charge in [-0.2, -0.15) is 0 Å². The van der Waals surface area contributed by atoms with Gasteiger partial charge in [0.15, 0.2) is 11.6 Å². The van der Waals surface area contributed by atoms with Crippen molar-refractivity contribution in [3.63, 3.8) is 0 Å². The lowest BCUT2D eigenvalue weighted by atomic mass is 9.78. The fourth-order valence-corrected chi connectivity index (χ4v) is 10.1. The molecule has 15 atom stereocenters. The van der Waals surface area contributed by atoms with Gasteiger partial charge in [-0.05, 0) is 113 Å². The van der Waals surface area contributed by atoms with Crippen molar-refractivity contribution in [2.75, 3.05) is 27.9 Å². The predicted octanol–water partition coefficient (Wildman–Crippen LogP) is 6.57. The highest BCUT2D eigenvalue weighted by Gasteiger charge is 2.53. The highest BCUT2D eigenvalue weighted by atomic mass is 16.6. The number of rotatable bonds is 6. The third kappa shape index (κ3) is 14.6. The van der Waals surface area contributed by atoms with Gasteiger partial charge in [0.25, 0.3) is 11.7 Å². The van der Waals surface area contributed by atoms with Crippen LogP contribution in [0, 0.1) is 35.5 Å². The quantitative estimate of drug-likeness (QED) is 0.191. The lowest BCUT2D eigenvalue weighted by Crippen LogP contribution is -2.61. The molecule has 3 N–H and O–H groups in total. The minimum absolute atomic E-state index is 0.0867. The topological polar surface area (TPSA) is 195 Å². The summed E-state index contributed by atoms with van der Waals surface area (Å²) in [6.07, 6.45) is 12.3. The van der Waals surface area contributed by atoms with E-state index in [9.17, 15) is 39.3 Å². The molecule has 0 radical (unpaired) electrons. The van der Waals surface area contributed by atoms with Crippen molar-refractivity contribution in [3.8, 4) is 0 Å². The zero-order chi connectivity index (χ0) is 48.9. The number of aliphatic hydroxyl groups excluding tert-OH is 2. The number of piperidine rings is 1. The van der Waals surface area contributed by atoms with Gasteiger partial charge in [0, 0.05) is 58.5 Å². The molecule has 0 aromatic carbocycles. The number of Topliss-reactive ketones (excluding diaryl/α,β-unsaturated/α-hetero) is 3. The molecule has 2 bridgehead atoms. The number of carbonyl (C=O) groups excluding carboxylic acids is 5. The number of nitrogens with zero attached hydrogens (tertiary/aromatic N) is 1. The average molecular weight is 928 g/mol. The largest absolute Gasteiger partial charge is 0.460 e. The SMILES string of the molecule is CO[C@H]1CC2CC[C@@H](C)C(O)(O2)C(=O)C(=O)N2CCCC[C@H]2C(=O)O[C@H]([C@H](C)C[C@@H]2CC[C@@H](O)[C@H](OC)C2)CC(=O)C(C)=CC(C)[C@@H](O)[C@@H](OC)C(=O)[C@H](C)CC[C@H](C)C=CC=CC=C1C. The van der Waals surface area contributed by atoms with E-state index in [4.69, 9.17) is 23.7 Å². The summed E-state index contributed by atoms with van der Waals surface area (Å²) >= 11 is 0. The molecule has 66 heavy (non-hydrogen) atoms. The first-order valence-corrected chi connectivity index (χ1v) is 24.4. The van der Waals surface area contributed by atoms with Crippen molar-refractivity contribution >= 4 is 29.2 Å². The van der Waals surface area contributed by atoms with Crippen molar-refractivity contribution < 1.29 is 63.0 Å². The van der Waals surface area contributed by atoms with E-state index in [-0.39, 0.29) is 54.8 Å². The second-order valence-electron chi connectivity index (χ2n) is 19.9. The summed E-state index contributed by atoms with van der Waals surface area (Å²) in [6, 6.07) is -1.14. The molecule has 2 saturated heterocycles. The second-order valence-corrected chi connectivity index (χ2v) is 19.9. The Kier molecular flexibility index (Phi) is 21.6. The van der Waals surface area contributed by atoms with E-state index in [2.05, 4.69) is 13.0 Å². The predicted molar refractivity (Wildman–Crippen MR) is 250 cm³/mol. The number of carbonyl (C=O) groups is 5. The number of ether oxygens (including phenoxy) is 5. The minimum Gasteiger partial charge on any atom is -0.460 e. The van der Waals surface area contributed by atoms with Crippen LogP contribution in [0.3, 0.4) is 0 Å². The summed E-state index contributed by atoms with van der Waals surface area (Å²) in [6.45, 7) is 12.8. The molecule has 0 aromatic rings. The van der Waals surface area contributed by atoms with E-state index in [1.54, 1.807) is 41.1 Å². The van der Waals surface area contributed by atoms with Crippen molar-refractivity contribution in [2.45, 2.75) is 186 Å². The van der Waals surface area contributed by atoms with Crippen LogP contribution in [-0.4, -0.2) is 132 Å². The van der Waals surface area contributed by atoms with Crippen LogP contribution in [0.1, 0.15) is 132 Å². The van der Waals surface area contributed by atoms with E-state index in [1.807, 2.05) is 45.1 Å². The third-order valence-electron chi connectivity index (χ3n) is 14.8. The van der Waals surface area contributed by atoms with Crippen LogP contribution in [0.4, 0.5) is 0 Å². The second kappa shape index (κ2) is 25.8. The van der Waals surface area contributed by atoms with Gasteiger partial charge in [-0.15, -0.1) is 0 Å². The molecule has 14 nitrogen and oxygen atoms in total. The van der Waals surface area contributed by atoms with Crippen molar-refractivity contribution in [3.05, 3.63) is 47.6 Å². The van der Waals surface area contributed by atoms with Crippen LogP contribution in [0.15, 0.2) is 47.6 Å². The van der Waals surface area contributed by atoms with Gasteiger partial charge in [-0.3, -0.25) is 19.2 Å². The zero-order valence-corrected chi connectivity index (χ0v) is 41.3. The molecule has 1 saturated carbocycles. The van der Waals surface area contributed by atoms with Crippen LogP contribution in [-0.2, 0) is 47.7 Å². The molecule has 3 aliphatic heterocycles. The summed E-state index contributed by atoms with van der Waals surface area (Å²) < 4.78 is 29.4. The highest BCUT2D eigenvalue weighted by Crippen LogP contribution is 2.38. The summed E-state index contributed by atoms with van der Waals surface area (Å²) in [5.41, 5.74) is 1.21. The molecule has 0 aromatic heterocycles. The standard InChI is InChI=1S/C52H81NO13/c1-31-16-12-11-13-17-32(2)43(62-8)29-39-23-21-37(7)52(61,66-39)49(58)50(59)53-25-15-14-18-40(53)51(60)65-44(35(5)27-38-22-24-41(54)45(28-38)63-9)30-42(55)34(4)26-36(6)47(57)48(64-10)46(56)33(3)20-19-31/h11-13,16-17,26,31,33,35-41,43-45,47-48,54,57,61H,14-15,18-25,27-30H2,1-10H3/t31-,33-,35-,36?,37-,38+,39?,40+,41-,43+,44+,45-,47-,48+,52?/m1/s1.